The zero-order chi connectivity index (χ0) is 6.41. The van der Waals surface area contributed by atoms with Gasteiger partial charge in [0.15, 0.2) is 0 Å². The number of hydrogen-bond acceptors (Lipinski definition) is 3. The summed E-state index contributed by atoms with van der Waals surface area (Å²) in [7, 11) is 0. The summed E-state index contributed by atoms with van der Waals surface area (Å²) in [6, 6.07) is 0. The van der Waals surface area contributed by atoms with Crippen LogP contribution in [0.15, 0.2) is 12.2 Å². The SMILES string of the molecule is C/C=C/CO[N+](=O)[O-]. The molecule has 0 aliphatic heterocycles. The fourth-order valence-corrected chi connectivity index (χ4v) is 0.200. The molecule has 0 aromatic heterocycles. The third kappa shape index (κ3) is 4.94. The van der Waals surface area contributed by atoms with Crippen molar-refractivity contribution in [2.45, 2.75) is 6.92 Å². The molecule has 0 unspecified atom stereocenters. The summed E-state index contributed by atoms with van der Waals surface area (Å²) in [5.41, 5.74) is 0. The molecule has 4 heteroatoms. The zero-order valence-corrected chi connectivity index (χ0v) is 4.53. The lowest BCUT2D eigenvalue weighted by molar-refractivity contribution is -0.755. The predicted molar refractivity (Wildman–Crippen MR) is 27.8 cm³/mol. The van der Waals surface area contributed by atoms with Crippen molar-refractivity contribution in [2.75, 3.05) is 6.61 Å². The first-order valence-corrected chi connectivity index (χ1v) is 2.16. The van der Waals surface area contributed by atoms with Crippen molar-refractivity contribution in [3.63, 3.8) is 0 Å². The van der Waals surface area contributed by atoms with E-state index in [2.05, 4.69) is 4.84 Å². The van der Waals surface area contributed by atoms with Gasteiger partial charge in [-0.1, -0.05) is 12.2 Å². The minimum atomic E-state index is -0.819. The highest BCUT2D eigenvalue weighted by Crippen LogP contribution is 1.75. The third-order valence-corrected chi connectivity index (χ3v) is 0.512. The average Bonchev–Trinajstić information content (AvgIpc) is 1.66. The molecule has 0 heterocycles. The van der Waals surface area contributed by atoms with Gasteiger partial charge in [0.25, 0.3) is 5.09 Å². The summed E-state index contributed by atoms with van der Waals surface area (Å²) in [5, 5.41) is 8.60. The molecule has 0 rings (SSSR count). The van der Waals surface area contributed by atoms with Crippen LogP contribution in [0.25, 0.3) is 0 Å². The lowest BCUT2D eigenvalue weighted by Gasteiger charge is -1.87. The highest BCUT2D eigenvalue weighted by atomic mass is 16.9. The van der Waals surface area contributed by atoms with E-state index in [4.69, 9.17) is 0 Å². The predicted octanol–water partition coefficient (Wildman–Crippen LogP) is 0.771. The van der Waals surface area contributed by atoms with Gasteiger partial charge in [0.1, 0.15) is 6.61 Å². The number of rotatable bonds is 3. The van der Waals surface area contributed by atoms with E-state index >= 15 is 0 Å². The van der Waals surface area contributed by atoms with Gasteiger partial charge in [-0.2, -0.15) is 0 Å². The first-order chi connectivity index (χ1) is 3.77. The molecule has 0 aliphatic carbocycles. The number of allylic oxidation sites excluding steroid dienone is 1. The van der Waals surface area contributed by atoms with E-state index in [-0.39, 0.29) is 6.61 Å². The topological polar surface area (TPSA) is 52.4 Å². The van der Waals surface area contributed by atoms with Crippen LogP contribution in [0, 0.1) is 10.1 Å². The van der Waals surface area contributed by atoms with Crippen LogP contribution >= 0.6 is 0 Å². The molecule has 0 saturated carbocycles. The van der Waals surface area contributed by atoms with Crippen molar-refractivity contribution in [2.24, 2.45) is 0 Å². The Bertz CT molecular complexity index is 99.5. The standard InChI is InChI=1S/C4H7NO3/c1-2-3-4-8-5(6)7/h2-3H,4H2,1H3/b3-2+. The maximum atomic E-state index is 9.42. The van der Waals surface area contributed by atoms with Crippen LogP contribution in [0.1, 0.15) is 6.92 Å². The summed E-state index contributed by atoms with van der Waals surface area (Å²) in [6.07, 6.45) is 3.24. The fourth-order valence-electron chi connectivity index (χ4n) is 0.200. The molecule has 8 heavy (non-hydrogen) atoms. The van der Waals surface area contributed by atoms with Crippen molar-refractivity contribution in [3.05, 3.63) is 22.3 Å². The molecular weight excluding hydrogens is 110 g/mol. The van der Waals surface area contributed by atoms with Crippen molar-refractivity contribution in [3.8, 4) is 0 Å². The highest BCUT2D eigenvalue weighted by molar-refractivity contribution is 4.74. The molecule has 0 aliphatic rings. The minimum absolute atomic E-state index is 0.0451. The Morgan fingerprint density at radius 3 is 2.88 bits per heavy atom. The number of nitrogens with zero attached hydrogens (tertiary/aromatic N) is 1. The van der Waals surface area contributed by atoms with Gasteiger partial charge in [-0.05, 0) is 6.92 Å². The quantitative estimate of drug-likeness (QED) is 0.311. The summed E-state index contributed by atoms with van der Waals surface area (Å²) < 4.78 is 0. The molecule has 0 N–H and O–H groups in total. The third-order valence-electron chi connectivity index (χ3n) is 0.512. The molecule has 4 nitrogen and oxygen atoms in total. The Labute approximate surface area is 46.9 Å². The van der Waals surface area contributed by atoms with Gasteiger partial charge in [-0.15, -0.1) is 10.1 Å². The molecule has 0 atom stereocenters. The second kappa shape index (κ2) is 4.11. The molecular formula is C4H7NO3. The van der Waals surface area contributed by atoms with E-state index in [1.807, 2.05) is 0 Å². The van der Waals surface area contributed by atoms with Crippen LogP contribution in [0.4, 0.5) is 0 Å². The van der Waals surface area contributed by atoms with Gasteiger partial charge in [-0.25, -0.2) is 0 Å². The maximum Gasteiger partial charge on any atom is 0.294 e. The van der Waals surface area contributed by atoms with Crippen molar-refractivity contribution in [1.29, 1.82) is 0 Å². The van der Waals surface area contributed by atoms with E-state index in [9.17, 15) is 10.1 Å². The molecule has 0 aromatic rings. The van der Waals surface area contributed by atoms with E-state index in [0.717, 1.165) is 0 Å². The molecule has 0 bridgehead atoms. The Morgan fingerprint density at radius 1 is 1.88 bits per heavy atom. The van der Waals surface area contributed by atoms with E-state index in [0.29, 0.717) is 0 Å². The molecule has 0 spiro atoms. The van der Waals surface area contributed by atoms with Crippen molar-refractivity contribution in [1.82, 2.24) is 0 Å². The van der Waals surface area contributed by atoms with Crippen LogP contribution < -0.4 is 0 Å². The second-order valence-corrected chi connectivity index (χ2v) is 1.09. The van der Waals surface area contributed by atoms with Crippen LogP contribution in [-0.2, 0) is 4.84 Å². The van der Waals surface area contributed by atoms with Gasteiger partial charge < -0.3 is 4.84 Å². The summed E-state index contributed by atoms with van der Waals surface area (Å²) in [4.78, 5) is 13.3. The lowest BCUT2D eigenvalue weighted by Crippen LogP contribution is -1.98. The van der Waals surface area contributed by atoms with E-state index in [1.165, 1.54) is 0 Å². The van der Waals surface area contributed by atoms with Gasteiger partial charge in [0.05, 0.1) is 0 Å². The van der Waals surface area contributed by atoms with Gasteiger partial charge >= 0.3 is 0 Å². The van der Waals surface area contributed by atoms with Crippen molar-refractivity contribution >= 4 is 0 Å². The Morgan fingerprint density at radius 2 is 2.50 bits per heavy atom. The van der Waals surface area contributed by atoms with Crippen LogP contribution in [0.2, 0.25) is 0 Å². The van der Waals surface area contributed by atoms with Gasteiger partial charge in [0, 0.05) is 0 Å². The van der Waals surface area contributed by atoms with E-state index in [1.54, 1.807) is 19.1 Å². The average molecular weight is 117 g/mol. The summed E-state index contributed by atoms with van der Waals surface area (Å²) >= 11 is 0. The zero-order valence-electron chi connectivity index (χ0n) is 4.53. The fraction of sp³-hybridized carbons (Fsp3) is 0.500. The summed E-state index contributed by atoms with van der Waals surface area (Å²) in [6.45, 7) is 1.81. The van der Waals surface area contributed by atoms with Gasteiger partial charge in [-0.3, -0.25) is 0 Å². The normalized spacial score (nSPS) is 9.62. The molecule has 0 aromatic carbocycles. The first kappa shape index (κ1) is 6.94. The first-order valence-electron chi connectivity index (χ1n) is 2.16. The maximum absolute atomic E-state index is 9.42. The molecule has 0 amide bonds. The molecule has 0 saturated heterocycles. The van der Waals surface area contributed by atoms with Crippen LogP contribution in [0.5, 0.6) is 0 Å². The second-order valence-electron chi connectivity index (χ2n) is 1.09. The van der Waals surface area contributed by atoms with Crippen LogP contribution in [0.3, 0.4) is 0 Å². The highest BCUT2D eigenvalue weighted by Gasteiger charge is 1.86. The number of hydrogen-bond donors (Lipinski definition) is 0. The largest absolute Gasteiger partial charge is 0.310 e. The monoisotopic (exact) mass is 117 g/mol. The Kier molecular flexibility index (Phi) is 3.56. The van der Waals surface area contributed by atoms with Crippen LogP contribution in [-0.4, -0.2) is 11.7 Å². The summed E-state index contributed by atoms with van der Waals surface area (Å²) in [5.74, 6) is 0. The smallest absolute Gasteiger partial charge is 0.294 e. The van der Waals surface area contributed by atoms with Crippen molar-refractivity contribution < 1.29 is 9.92 Å². The lowest BCUT2D eigenvalue weighted by atomic mass is 10.6. The minimum Gasteiger partial charge on any atom is -0.310 e. The van der Waals surface area contributed by atoms with E-state index < -0.39 is 5.09 Å². The molecule has 0 radical (unpaired) electrons. The Hall–Kier alpha value is -1.06. The Balaban J connectivity index is 3.05. The molecule has 0 fully saturated rings. The van der Waals surface area contributed by atoms with Gasteiger partial charge in [0.2, 0.25) is 0 Å². The molecule has 46 valence electrons.